The van der Waals surface area contributed by atoms with Crippen LogP contribution in [0, 0.1) is 0 Å². The number of carbonyl (C=O) groups excluding carboxylic acids is 3. The lowest BCUT2D eigenvalue weighted by Gasteiger charge is -2.18. The first-order chi connectivity index (χ1) is 37.0. The Morgan fingerprint density at radius 3 is 0.867 bits per heavy atom. The fourth-order valence-electron chi connectivity index (χ4n) is 8.01. The summed E-state index contributed by atoms with van der Waals surface area (Å²) in [6.45, 7) is 6.44. The Morgan fingerprint density at radius 1 is 0.280 bits per heavy atom. The molecule has 0 N–H and O–H groups in total. The lowest BCUT2D eigenvalue weighted by atomic mass is 10.1. The van der Waals surface area contributed by atoms with Crippen molar-refractivity contribution in [1.29, 1.82) is 0 Å². The molecular formula is C69H112O6. The van der Waals surface area contributed by atoms with Gasteiger partial charge in [0.1, 0.15) is 13.2 Å². The van der Waals surface area contributed by atoms with Crippen LogP contribution in [0.2, 0.25) is 0 Å². The molecule has 0 amide bonds. The van der Waals surface area contributed by atoms with Crippen molar-refractivity contribution >= 4 is 17.9 Å². The normalized spacial score (nSPS) is 13.1. The van der Waals surface area contributed by atoms with Crippen molar-refractivity contribution in [3.63, 3.8) is 0 Å². The lowest BCUT2D eigenvalue weighted by molar-refractivity contribution is -0.167. The molecule has 0 bridgehead atoms. The molecule has 1 atom stereocenters. The topological polar surface area (TPSA) is 78.9 Å². The number of carbonyl (C=O) groups is 3. The molecule has 424 valence electrons. The largest absolute Gasteiger partial charge is 0.462 e. The summed E-state index contributed by atoms with van der Waals surface area (Å²) in [7, 11) is 0. The average molecular weight is 1040 g/mol. The summed E-state index contributed by atoms with van der Waals surface area (Å²) in [5.74, 6) is -0.953. The molecule has 0 aliphatic carbocycles. The molecule has 0 saturated carbocycles. The third-order valence-corrected chi connectivity index (χ3v) is 12.6. The van der Waals surface area contributed by atoms with Crippen LogP contribution in [0.5, 0.6) is 0 Å². The van der Waals surface area contributed by atoms with Gasteiger partial charge >= 0.3 is 17.9 Å². The Hall–Kier alpha value is -4.45. The Labute approximate surface area is 462 Å². The number of rotatable bonds is 54. The minimum absolute atomic E-state index is 0.0992. The molecule has 75 heavy (non-hydrogen) atoms. The van der Waals surface area contributed by atoms with Gasteiger partial charge in [-0.3, -0.25) is 14.4 Å². The highest BCUT2D eigenvalue weighted by Crippen LogP contribution is 2.14. The summed E-state index contributed by atoms with van der Waals surface area (Å²) < 4.78 is 16.8. The van der Waals surface area contributed by atoms with Gasteiger partial charge in [0, 0.05) is 19.3 Å². The molecule has 0 aliphatic rings. The van der Waals surface area contributed by atoms with Gasteiger partial charge in [0.2, 0.25) is 0 Å². The standard InChI is InChI=1S/C69H112O6/c1-4-7-10-13-16-19-22-25-27-28-29-30-31-32-33-34-35-36-37-38-39-40-41-42-43-45-47-50-53-56-59-62-68(71)74-65-66(64-73-67(70)61-58-55-52-49-46-24-21-18-15-12-9-6-3)75-69(72)63-60-57-54-51-48-44-26-23-20-17-14-11-8-5-2/h7,10,16,18-19,21,23,25-27,29-30,32-33,35-36,38-39,41-42,45,47,66H,4-6,8-9,11-15,17,20,22,24,28,31,34,37,40,43-44,46,48-65H2,1-3H3/b10-7-,19-16-,21-18-,26-23-,27-25-,30-29-,33-32-,36-35-,39-38-,42-41-,47-45-. The molecule has 1 unspecified atom stereocenters. The van der Waals surface area contributed by atoms with Gasteiger partial charge < -0.3 is 14.2 Å². The summed E-state index contributed by atoms with van der Waals surface area (Å²) in [5, 5.41) is 0. The van der Waals surface area contributed by atoms with Gasteiger partial charge in [0.05, 0.1) is 0 Å². The second kappa shape index (κ2) is 62.1. The molecule has 0 rings (SSSR count). The summed E-state index contributed by atoms with van der Waals surface area (Å²) in [4.78, 5) is 38.1. The van der Waals surface area contributed by atoms with Crippen LogP contribution in [0.4, 0.5) is 0 Å². The van der Waals surface area contributed by atoms with Crippen LogP contribution < -0.4 is 0 Å². The van der Waals surface area contributed by atoms with Crippen molar-refractivity contribution < 1.29 is 28.6 Å². The third kappa shape index (κ3) is 60.3. The Bertz CT molecular complexity index is 1620. The molecule has 0 fully saturated rings. The zero-order chi connectivity index (χ0) is 54.3. The van der Waals surface area contributed by atoms with Gasteiger partial charge in [-0.05, 0) is 141 Å². The van der Waals surface area contributed by atoms with E-state index in [0.717, 1.165) is 148 Å². The van der Waals surface area contributed by atoms with Crippen molar-refractivity contribution in [2.45, 2.75) is 271 Å². The highest BCUT2D eigenvalue weighted by molar-refractivity contribution is 5.71. The maximum Gasteiger partial charge on any atom is 0.306 e. The summed E-state index contributed by atoms with van der Waals surface area (Å²) in [6, 6.07) is 0. The van der Waals surface area contributed by atoms with Crippen LogP contribution in [0.25, 0.3) is 0 Å². The van der Waals surface area contributed by atoms with Gasteiger partial charge in [-0.1, -0.05) is 238 Å². The summed E-state index contributed by atoms with van der Waals surface area (Å²) in [6.07, 6.45) is 87.4. The molecule has 0 saturated heterocycles. The van der Waals surface area contributed by atoms with Crippen molar-refractivity contribution in [3.8, 4) is 0 Å². The first kappa shape index (κ1) is 70.5. The second-order valence-electron chi connectivity index (χ2n) is 19.9. The smallest absolute Gasteiger partial charge is 0.306 e. The van der Waals surface area contributed by atoms with Gasteiger partial charge in [-0.15, -0.1) is 0 Å². The molecular weight excluding hydrogens is 925 g/mol. The molecule has 0 spiro atoms. The zero-order valence-corrected chi connectivity index (χ0v) is 48.5. The minimum Gasteiger partial charge on any atom is -0.462 e. The SMILES string of the molecule is CC/C=C\C/C=C\C/C=C\C/C=C\C/C=C\C/C=C\C/C=C\C/C=C\C/C=C\CCCCCC(=O)OCC(COC(=O)CCCCCCC/C=C\CCCCC)OC(=O)CCCCCCC/C=C\CCCCCCC. The number of unbranched alkanes of at least 4 members (excludes halogenated alkanes) is 21. The Balaban J connectivity index is 4.36. The highest BCUT2D eigenvalue weighted by Gasteiger charge is 2.19. The maximum absolute atomic E-state index is 12.8. The molecule has 0 aromatic rings. The van der Waals surface area contributed by atoms with Crippen LogP contribution >= 0.6 is 0 Å². The minimum atomic E-state index is -0.803. The number of hydrogen-bond donors (Lipinski definition) is 0. The molecule has 6 heteroatoms. The zero-order valence-electron chi connectivity index (χ0n) is 48.5. The molecule has 6 nitrogen and oxygen atoms in total. The van der Waals surface area contributed by atoms with E-state index in [9.17, 15) is 14.4 Å². The molecule has 0 radical (unpaired) electrons. The van der Waals surface area contributed by atoms with E-state index < -0.39 is 6.10 Å². The Morgan fingerprint density at radius 2 is 0.520 bits per heavy atom. The molecule has 0 aromatic heterocycles. The fraction of sp³-hybridized carbons (Fsp3) is 0.638. The summed E-state index contributed by atoms with van der Waals surface area (Å²) in [5.41, 5.74) is 0. The number of esters is 3. The van der Waals surface area contributed by atoms with E-state index >= 15 is 0 Å². The number of ether oxygens (including phenoxy) is 3. The molecule has 0 aromatic carbocycles. The van der Waals surface area contributed by atoms with Crippen molar-refractivity contribution in [2.75, 3.05) is 13.2 Å². The number of allylic oxidation sites excluding steroid dienone is 22. The van der Waals surface area contributed by atoms with Gasteiger partial charge in [-0.2, -0.15) is 0 Å². The fourth-order valence-corrected chi connectivity index (χ4v) is 8.01. The number of hydrogen-bond acceptors (Lipinski definition) is 6. The first-order valence-electron chi connectivity index (χ1n) is 30.7. The predicted octanol–water partition coefficient (Wildman–Crippen LogP) is 21.0. The average Bonchev–Trinajstić information content (AvgIpc) is 3.41. The molecule has 0 aliphatic heterocycles. The second-order valence-corrected chi connectivity index (χ2v) is 19.9. The first-order valence-corrected chi connectivity index (χ1v) is 30.7. The van der Waals surface area contributed by atoms with Crippen LogP contribution in [-0.2, 0) is 28.6 Å². The van der Waals surface area contributed by atoms with E-state index in [1.54, 1.807) is 0 Å². The van der Waals surface area contributed by atoms with E-state index in [2.05, 4.69) is 154 Å². The third-order valence-electron chi connectivity index (χ3n) is 12.6. The van der Waals surface area contributed by atoms with Gasteiger partial charge in [-0.25, -0.2) is 0 Å². The van der Waals surface area contributed by atoms with E-state index in [1.165, 1.54) is 77.0 Å². The quantitative estimate of drug-likeness (QED) is 0.0261. The summed E-state index contributed by atoms with van der Waals surface area (Å²) >= 11 is 0. The van der Waals surface area contributed by atoms with Crippen molar-refractivity contribution in [2.24, 2.45) is 0 Å². The van der Waals surface area contributed by atoms with Crippen LogP contribution in [0.3, 0.4) is 0 Å². The van der Waals surface area contributed by atoms with Gasteiger partial charge in [0.25, 0.3) is 0 Å². The van der Waals surface area contributed by atoms with E-state index in [1.807, 2.05) is 0 Å². The lowest BCUT2D eigenvalue weighted by Crippen LogP contribution is -2.30. The molecule has 0 heterocycles. The highest BCUT2D eigenvalue weighted by atomic mass is 16.6. The van der Waals surface area contributed by atoms with Gasteiger partial charge in [0.15, 0.2) is 6.10 Å². The van der Waals surface area contributed by atoms with Crippen molar-refractivity contribution in [1.82, 2.24) is 0 Å². The van der Waals surface area contributed by atoms with E-state index in [-0.39, 0.29) is 31.1 Å². The van der Waals surface area contributed by atoms with Crippen molar-refractivity contribution in [3.05, 3.63) is 134 Å². The van der Waals surface area contributed by atoms with E-state index in [4.69, 9.17) is 14.2 Å². The van der Waals surface area contributed by atoms with Crippen LogP contribution in [-0.4, -0.2) is 37.2 Å². The predicted molar refractivity (Wildman–Crippen MR) is 325 cm³/mol. The Kier molecular flexibility index (Phi) is 58.4. The van der Waals surface area contributed by atoms with E-state index in [0.29, 0.717) is 19.3 Å². The van der Waals surface area contributed by atoms with Crippen LogP contribution in [0.1, 0.15) is 265 Å². The monoisotopic (exact) mass is 1040 g/mol. The maximum atomic E-state index is 12.8. The van der Waals surface area contributed by atoms with Crippen LogP contribution in [0.15, 0.2) is 134 Å².